The second-order valence-corrected chi connectivity index (χ2v) is 7.57. The molecule has 0 fully saturated rings. The van der Waals surface area contributed by atoms with Gasteiger partial charge in [0.15, 0.2) is 0 Å². The van der Waals surface area contributed by atoms with E-state index in [1.54, 1.807) is 18.6 Å². The maximum absolute atomic E-state index is 12.9. The van der Waals surface area contributed by atoms with Gasteiger partial charge in [0.2, 0.25) is 11.7 Å². The Balaban J connectivity index is 1.50. The van der Waals surface area contributed by atoms with Crippen molar-refractivity contribution in [2.45, 2.75) is 39.8 Å². The van der Waals surface area contributed by atoms with Gasteiger partial charge in [-0.2, -0.15) is 5.10 Å². The zero-order chi connectivity index (χ0) is 21.1. The van der Waals surface area contributed by atoms with Gasteiger partial charge in [0.05, 0.1) is 23.8 Å². The maximum atomic E-state index is 12.9. The largest absolute Gasteiger partial charge is 0.347 e. The molecule has 3 aromatic heterocycles. The number of benzene rings is 1. The smallest absolute Gasteiger partial charge is 0.243 e. The third-order valence-electron chi connectivity index (χ3n) is 4.78. The van der Waals surface area contributed by atoms with Gasteiger partial charge in [0.25, 0.3) is 0 Å². The van der Waals surface area contributed by atoms with Crippen LogP contribution in [0.1, 0.15) is 38.5 Å². The van der Waals surface area contributed by atoms with E-state index in [0.29, 0.717) is 23.3 Å². The SMILES string of the molecule is CC(C)Cc1nc2ccccc2n1[C@H](C)C(=O)NCc1nc(-c2cnccn2)n[nH]1. The molecule has 1 atom stereocenters. The molecule has 0 aliphatic rings. The van der Waals surface area contributed by atoms with Gasteiger partial charge in [-0.25, -0.2) is 15.0 Å². The van der Waals surface area contributed by atoms with Gasteiger partial charge in [-0.1, -0.05) is 26.0 Å². The number of para-hydroxylation sites is 2. The summed E-state index contributed by atoms with van der Waals surface area (Å²) in [5, 5.41) is 9.92. The number of aromatic amines is 1. The highest BCUT2D eigenvalue weighted by atomic mass is 16.2. The minimum atomic E-state index is -0.409. The summed E-state index contributed by atoms with van der Waals surface area (Å²) in [5.74, 6) is 2.23. The molecule has 1 aromatic carbocycles. The summed E-state index contributed by atoms with van der Waals surface area (Å²) in [5.41, 5.74) is 2.43. The van der Waals surface area contributed by atoms with Crippen LogP contribution >= 0.6 is 0 Å². The molecule has 9 nitrogen and oxygen atoms in total. The molecule has 0 saturated carbocycles. The molecule has 9 heteroatoms. The molecule has 0 radical (unpaired) electrons. The van der Waals surface area contributed by atoms with Crippen molar-refractivity contribution in [1.82, 2.24) is 40.0 Å². The van der Waals surface area contributed by atoms with Crippen LogP contribution in [0, 0.1) is 5.92 Å². The van der Waals surface area contributed by atoms with Crippen molar-refractivity contribution in [3.63, 3.8) is 0 Å². The molecular weight excluding hydrogens is 380 g/mol. The number of rotatable bonds is 7. The molecule has 154 valence electrons. The topological polar surface area (TPSA) is 114 Å². The lowest BCUT2D eigenvalue weighted by molar-refractivity contribution is -0.124. The standard InChI is InChI=1S/C21H24N8O/c1-13(2)10-19-25-15-6-4-5-7-17(15)29(19)14(3)21(30)24-12-18-26-20(28-27-18)16-11-22-8-9-23-16/h4-9,11,13-14H,10,12H2,1-3H3,(H,24,30)(H,26,27,28)/t14-/m1/s1. The van der Waals surface area contributed by atoms with E-state index in [9.17, 15) is 4.79 Å². The van der Waals surface area contributed by atoms with Crippen LogP contribution in [0.2, 0.25) is 0 Å². The Bertz CT molecular complexity index is 1150. The molecule has 3 heterocycles. The van der Waals surface area contributed by atoms with Gasteiger partial charge < -0.3 is 9.88 Å². The summed E-state index contributed by atoms with van der Waals surface area (Å²) in [6.07, 6.45) is 5.56. The van der Waals surface area contributed by atoms with E-state index in [-0.39, 0.29) is 12.5 Å². The average molecular weight is 404 g/mol. The van der Waals surface area contributed by atoms with Crippen LogP contribution in [0.15, 0.2) is 42.9 Å². The number of hydrogen-bond donors (Lipinski definition) is 2. The van der Waals surface area contributed by atoms with Crippen molar-refractivity contribution in [2.75, 3.05) is 0 Å². The van der Waals surface area contributed by atoms with Crippen LogP contribution in [0.5, 0.6) is 0 Å². The molecule has 2 N–H and O–H groups in total. The quantitative estimate of drug-likeness (QED) is 0.489. The average Bonchev–Trinajstić information content (AvgIpc) is 3.36. The summed E-state index contributed by atoms with van der Waals surface area (Å²) in [6, 6.07) is 7.49. The van der Waals surface area contributed by atoms with Crippen molar-refractivity contribution in [1.29, 1.82) is 0 Å². The van der Waals surface area contributed by atoms with E-state index in [4.69, 9.17) is 4.98 Å². The number of hydrogen-bond acceptors (Lipinski definition) is 6. The highest BCUT2D eigenvalue weighted by Crippen LogP contribution is 2.23. The number of carbonyl (C=O) groups is 1. The van der Waals surface area contributed by atoms with Gasteiger partial charge in [-0.15, -0.1) is 0 Å². The van der Waals surface area contributed by atoms with E-state index in [1.165, 1.54) is 0 Å². The fraction of sp³-hybridized carbons (Fsp3) is 0.333. The Labute approximate surface area is 174 Å². The second-order valence-electron chi connectivity index (χ2n) is 7.57. The molecule has 0 aliphatic carbocycles. The molecule has 0 spiro atoms. The minimum Gasteiger partial charge on any atom is -0.347 e. The zero-order valence-electron chi connectivity index (χ0n) is 17.2. The highest BCUT2D eigenvalue weighted by molar-refractivity contribution is 5.84. The molecule has 4 aromatic rings. The summed E-state index contributed by atoms with van der Waals surface area (Å²) >= 11 is 0. The van der Waals surface area contributed by atoms with Gasteiger partial charge in [-0.3, -0.25) is 14.9 Å². The highest BCUT2D eigenvalue weighted by Gasteiger charge is 2.22. The van der Waals surface area contributed by atoms with Crippen LogP contribution in [-0.2, 0) is 17.8 Å². The Morgan fingerprint density at radius 2 is 2.00 bits per heavy atom. The van der Waals surface area contributed by atoms with Gasteiger partial charge in [-0.05, 0) is 25.0 Å². The lowest BCUT2D eigenvalue weighted by Crippen LogP contribution is -2.31. The number of fused-ring (bicyclic) bond motifs is 1. The van der Waals surface area contributed by atoms with Crippen molar-refractivity contribution < 1.29 is 4.79 Å². The lowest BCUT2D eigenvalue weighted by Gasteiger charge is -2.18. The first kappa shape index (κ1) is 19.7. The van der Waals surface area contributed by atoms with Crippen molar-refractivity contribution in [2.24, 2.45) is 5.92 Å². The first-order chi connectivity index (χ1) is 14.5. The number of carbonyl (C=O) groups excluding carboxylic acids is 1. The summed E-state index contributed by atoms with van der Waals surface area (Å²) in [4.78, 5) is 30.3. The molecule has 1 amide bonds. The van der Waals surface area contributed by atoms with Crippen molar-refractivity contribution in [3.05, 3.63) is 54.5 Å². The lowest BCUT2D eigenvalue weighted by atomic mass is 10.1. The number of nitrogens with zero attached hydrogens (tertiary/aromatic N) is 6. The van der Waals surface area contributed by atoms with E-state index < -0.39 is 6.04 Å². The summed E-state index contributed by atoms with van der Waals surface area (Å²) in [6.45, 7) is 6.42. The first-order valence-corrected chi connectivity index (χ1v) is 9.94. The van der Waals surface area contributed by atoms with Crippen LogP contribution in [0.25, 0.3) is 22.6 Å². The Kier molecular flexibility index (Phi) is 5.51. The van der Waals surface area contributed by atoms with Crippen LogP contribution in [0.4, 0.5) is 0 Å². The molecule has 0 saturated heterocycles. The van der Waals surface area contributed by atoms with Crippen LogP contribution < -0.4 is 5.32 Å². The van der Waals surface area contributed by atoms with Gasteiger partial charge in [0, 0.05) is 18.8 Å². The number of nitrogens with one attached hydrogen (secondary N) is 2. The zero-order valence-corrected chi connectivity index (χ0v) is 17.2. The monoisotopic (exact) mass is 404 g/mol. The first-order valence-electron chi connectivity index (χ1n) is 9.94. The van der Waals surface area contributed by atoms with Crippen LogP contribution in [0.3, 0.4) is 0 Å². The fourth-order valence-electron chi connectivity index (χ4n) is 3.37. The Hall–Kier alpha value is -3.62. The maximum Gasteiger partial charge on any atom is 0.243 e. The third kappa shape index (κ3) is 4.05. The molecule has 4 rings (SSSR count). The number of H-pyrrole nitrogens is 1. The van der Waals surface area contributed by atoms with Gasteiger partial charge in [0.1, 0.15) is 23.4 Å². The molecule has 0 unspecified atom stereocenters. The minimum absolute atomic E-state index is 0.111. The molecule has 30 heavy (non-hydrogen) atoms. The summed E-state index contributed by atoms with van der Waals surface area (Å²) in [7, 11) is 0. The third-order valence-corrected chi connectivity index (χ3v) is 4.78. The van der Waals surface area contributed by atoms with E-state index in [0.717, 1.165) is 23.3 Å². The van der Waals surface area contributed by atoms with Crippen molar-refractivity contribution >= 4 is 16.9 Å². The fourth-order valence-corrected chi connectivity index (χ4v) is 3.37. The van der Waals surface area contributed by atoms with E-state index in [1.807, 2.05) is 35.8 Å². The predicted octanol–water partition coefficient (Wildman–Crippen LogP) is 2.69. The van der Waals surface area contributed by atoms with Crippen molar-refractivity contribution in [3.8, 4) is 11.5 Å². The predicted molar refractivity (Wildman–Crippen MR) is 112 cm³/mol. The summed E-state index contributed by atoms with van der Waals surface area (Å²) < 4.78 is 2.02. The van der Waals surface area contributed by atoms with E-state index >= 15 is 0 Å². The van der Waals surface area contributed by atoms with E-state index in [2.05, 4.69) is 44.3 Å². The Morgan fingerprint density at radius 1 is 1.17 bits per heavy atom. The number of imidazole rings is 1. The normalized spacial score (nSPS) is 12.4. The molecule has 0 bridgehead atoms. The number of amides is 1. The molecular formula is C21H24N8O. The second kappa shape index (κ2) is 8.40. The van der Waals surface area contributed by atoms with Crippen LogP contribution in [-0.4, -0.2) is 40.6 Å². The Morgan fingerprint density at radius 3 is 2.77 bits per heavy atom. The molecule has 0 aliphatic heterocycles. The number of aromatic nitrogens is 7. The van der Waals surface area contributed by atoms with Gasteiger partial charge >= 0.3 is 0 Å².